The van der Waals surface area contributed by atoms with E-state index in [-0.39, 0.29) is 16.7 Å². The second kappa shape index (κ2) is 5.15. The average Bonchev–Trinajstić information content (AvgIpc) is 2.51. The molecule has 4 nitrogen and oxygen atoms in total. The highest BCUT2D eigenvalue weighted by Gasteiger charge is 2.39. The number of carbonyl (C=O) groups is 3. The molecule has 4 heteroatoms. The van der Waals surface area contributed by atoms with Gasteiger partial charge in [0.25, 0.3) is 0 Å². The number of allylic oxidation sites excluding steroid dienone is 1. The van der Waals surface area contributed by atoms with Crippen LogP contribution in [0.2, 0.25) is 0 Å². The molecular weight excluding hydrogens is 292 g/mol. The van der Waals surface area contributed by atoms with E-state index in [1.165, 1.54) is 6.92 Å². The van der Waals surface area contributed by atoms with Crippen LogP contribution in [0.25, 0.3) is 5.76 Å². The van der Waals surface area contributed by atoms with Crippen LogP contribution in [0.4, 0.5) is 0 Å². The normalized spacial score (nSPS) is 20.8. The molecule has 0 aromatic heterocycles. The lowest BCUT2D eigenvalue weighted by Gasteiger charge is -2.35. The highest BCUT2D eigenvalue weighted by atomic mass is 16.3. The average molecular weight is 312 g/mol. The van der Waals surface area contributed by atoms with Crippen LogP contribution >= 0.6 is 0 Å². The first-order valence-corrected chi connectivity index (χ1v) is 7.93. The molecule has 2 aliphatic rings. The molecule has 2 aliphatic carbocycles. The third kappa shape index (κ3) is 2.16. The molecule has 120 valence electrons. The number of hydrogen-bond acceptors (Lipinski definition) is 4. The van der Waals surface area contributed by atoms with E-state index in [1.54, 1.807) is 6.07 Å². The van der Waals surface area contributed by atoms with Gasteiger partial charge >= 0.3 is 0 Å². The quantitative estimate of drug-likeness (QED) is 0.672. The van der Waals surface area contributed by atoms with Gasteiger partial charge in [-0.25, -0.2) is 0 Å². The second-order valence-electron chi connectivity index (χ2n) is 7.10. The molecule has 23 heavy (non-hydrogen) atoms. The minimum atomic E-state index is -0.799. The summed E-state index contributed by atoms with van der Waals surface area (Å²) in [6.07, 6.45) is 3.27. The fourth-order valence-electron chi connectivity index (χ4n) is 3.82. The number of aliphatic hydroxyl groups excluding tert-OH is 1. The van der Waals surface area contributed by atoms with Crippen LogP contribution in [0.5, 0.6) is 0 Å². The summed E-state index contributed by atoms with van der Waals surface area (Å²) >= 11 is 0. The first-order chi connectivity index (χ1) is 10.8. The molecule has 0 fully saturated rings. The molecule has 1 N–H and O–H groups in total. The summed E-state index contributed by atoms with van der Waals surface area (Å²) in [5.41, 5.74) is 2.52. The van der Waals surface area contributed by atoms with E-state index in [0.29, 0.717) is 17.4 Å². The topological polar surface area (TPSA) is 71.4 Å². The number of rotatable bonds is 2. The summed E-state index contributed by atoms with van der Waals surface area (Å²) in [6.45, 7) is 5.76. The van der Waals surface area contributed by atoms with E-state index in [0.717, 1.165) is 30.4 Å². The molecule has 0 unspecified atom stereocenters. The van der Waals surface area contributed by atoms with Crippen molar-refractivity contribution in [3.8, 4) is 0 Å². The first kappa shape index (κ1) is 15.7. The lowest BCUT2D eigenvalue weighted by atomic mass is 9.69. The number of benzene rings is 1. The minimum Gasteiger partial charge on any atom is -0.507 e. The van der Waals surface area contributed by atoms with Crippen LogP contribution in [0.15, 0.2) is 17.7 Å². The highest BCUT2D eigenvalue weighted by molar-refractivity contribution is 6.52. The van der Waals surface area contributed by atoms with Gasteiger partial charge in [0.05, 0.1) is 5.57 Å². The third-order valence-corrected chi connectivity index (χ3v) is 5.12. The summed E-state index contributed by atoms with van der Waals surface area (Å²) in [6, 6.07) is 3.65. The Labute approximate surface area is 135 Å². The Kier molecular flexibility index (Phi) is 3.51. The number of carbonyl (C=O) groups excluding carboxylic acids is 3. The lowest BCUT2D eigenvalue weighted by Crippen LogP contribution is -2.32. The molecule has 0 aliphatic heterocycles. The molecule has 0 radical (unpaired) electrons. The summed E-state index contributed by atoms with van der Waals surface area (Å²) in [5, 5.41) is 10.5. The maximum Gasteiger partial charge on any atom is 0.234 e. The third-order valence-electron chi connectivity index (χ3n) is 5.12. The largest absolute Gasteiger partial charge is 0.507 e. The van der Waals surface area contributed by atoms with Gasteiger partial charge in [-0.3, -0.25) is 9.59 Å². The van der Waals surface area contributed by atoms with Crippen molar-refractivity contribution in [1.82, 2.24) is 0 Å². The van der Waals surface area contributed by atoms with E-state index in [1.807, 2.05) is 6.07 Å². The van der Waals surface area contributed by atoms with E-state index in [4.69, 9.17) is 0 Å². The van der Waals surface area contributed by atoms with Crippen LogP contribution in [0.1, 0.15) is 60.7 Å². The molecular formula is C19H20O4. The van der Waals surface area contributed by atoms with Crippen LogP contribution in [0.3, 0.4) is 0 Å². The van der Waals surface area contributed by atoms with Crippen LogP contribution in [-0.4, -0.2) is 23.0 Å². The predicted octanol–water partition coefficient (Wildman–Crippen LogP) is 3.17. The fraction of sp³-hybridized carbons (Fsp3) is 0.421. The number of aldehydes is 1. The van der Waals surface area contributed by atoms with Crippen molar-refractivity contribution < 1.29 is 19.5 Å². The van der Waals surface area contributed by atoms with Gasteiger partial charge in [0.2, 0.25) is 11.6 Å². The SMILES string of the molecule is C[C@@H](C=O)C1=C(O)c2ccc3c(c2C(=O)C1=O)CCCC3(C)C. The molecule has 0 heterocycles. The van der Waals surface area contributed by atoms with Gasteiger partial charge < -0.3 is 9.90 Å². The monoisotopic (exact) mass is 312 g/mol. The maximum atomic E-state index is 12.7. The number of ketones is 2. The van der Waals surface area contributed by atoms with Crippen molar-refractivity contribution in [2.45, 2.75) is 45.4 Å². The summed E-state index contributed by atoms with van der Waals surface area (Å²) in [7, 11) is 0. The van der Waals surface area contributed by atoms with E-state index in [2.05, 4.69) is 13.8 Å². The van der Waals surface area contributed by atoms with Crippen LogP contribution in [0, 0.1) is 5.92 Å². The molecule has 1 aromatic rings. The zero-order chi connectivity index (χ0) is 16.9. The summed E-state index contributed by atoms with van der Waals surface area (Å²) in [4.78, 5) is 36.1. The van der Waals surface area contributed by atoms with Gasteiger partial charge in [-0.05, 0) is 35.8 Å². The van der Waals surface area contributed by atoms with Gasteiger partial charge in [-0.15, -0.1) is 0 Å². The number of fused-ring (bicyclic) bond motifs is 3. The van der Waals surface area contributed by atoms with E-state index < -0.39 is 17.5 Å². The summed E-state index contributed by atoms with van der Waals surface area (Å²) in [5.74, 6) is -2.38. The molecule has 0 saturated heterocycles. The second-order valence-corrected chi connectivity index (χ2v) is 7.10. The standard InChI is InChI=1S/C19H20O4/c1-10(9-20)14-16(21)12-6-7-13-11(5-4-8-19(13,2)3)15(12)18(23)17(14)22/h6-7,9-10,21H,4-5,8H2,1-3H3/t10-/m0/s1. The van der Waals surface area contributed by atoms with Crippen molar-refractivity contribution in [2.75, 3.05) is 0 Å². The van der Waals surface area contributed by atoms with Crippen molar-refractivity contribution in [3.05, 3.63) is 40.0 Å². The molecule has 1 aromatic carbocycles. The highest BCUT2D eigenvalue weighted by Crippen LogP contribution is 2.42. The Morgan fingerprint density at radius 1 is 1.22 bits per heavy atom. The van der Waals surface area contributed by atoms with E-state index in [9.17, 15) is 19.5 Å². The Morgan fingerprint density at radius 2 is 1.91 bits per heavy atom. The lowest BCUT2D eigenvalue weighted by molar-refractivity contribution is -0.115. The van der Waals surface area contributed by atoms with Gasteiger partial charge in [-0.2, -0.15) is 0 Å². The van der Waals surface area contributed by atoms with Gasteiger partial charge in [0, 0.05) is 17.0 Å². The molecule has 1 atom stereocenters. The number of Topliss-reactive ketones (excluding diaryl/α,β-unsaturated/α-hetero) is 2. The predicted molar refractivity (Wildman–Crippen MR) is 86.5 cm³/mol. The Morgan fingerprint density at radius 3 is 2.57 bits per heavy atom. The molecule has 0 saturated carbocycles. The smallest absolute Gasteiger partial charge is 0.234 e. The van der Waals surface area contributed by atoms with Gasteiger partial charge in [-0.1, -0.05) is 32.9 Å². The van der Waals surface area contributed by atoms with Crippen molar-refractivity contribution >= 4 is 23.6 Å². The van der Waals surface area contributed by atoms with E-state index >= 15 is 0 Å². The van der Waals surface area contributed by atoms with Gasteiger partial charge in [0.15, 0.2) is 0 Å². The Bertz CT molecular complexity index is 768. The van der Waals surface area contributed by atoms with Crippen LogP contribution in [-0.2, 0) is 21.4 Å². The minimum absolute atomic E-state index is 0.0539. The maximum absolute atomic E-state index is 12.7. The zero-order valence-corrected chi connectivity index (χ0v) is 13.6. The molecule has 0 bridgehead atoms. The molecule has 0 spiro atoms. The first-order valence-electron chi connectivity index (χ1n) is 7.93. The Balaban J connectivity index is 2.31. The molecule has 0 amide bonds. The van der Waals surface area contributed by atoms with Crippen LogP contribution < -0.4 is 0 Å². The number of aliphatic hydroxyl groups is 1. The Hall–Kier alpha value is -2.23. The molecule has 3 rings (SSSR count). The van der Waals surface area contributed by atoms with Gasteiger partial charge in [0.1, 0.15) is 12.0 Å². The fourth-order valence-corrected chi connectivity index (χ4v) is 3.82. The van der Waals surface area contributed by atoms with Crippen molar-refractivity contribution in [3.63, 3.8) is 0 Å². The van der Waals surface area contributed by atoms with Crippen molar-refractivity contribution in [2.24, 2.45) is 5.92 Å². The number of hydrogen-bond donors (Lipinski definition) is 1. The van der Waals surface area contributed by atoms with Crippen molar-refractivity contribution in [1.29, 1.82) is 0 Å². The summed E-state index contributed by atoms with van der Waals surface area (Å²) < 4.78 is 0. The zero-order valence-electron chi connectivity index (χ0n) is 13.6.